The fourth-order valence-corrected chi connectivity index (χ4v) is 3.56. The number of allylic oxidation sites excluding steroid dienone is 1. The molecule has 0 atom stereocenters. The number of carbonyl (C=O) groups is 1. The Labute approximate surface area is 175 Å². The molecule has 0 saturated carbocycles. The van der Waals surface area contributed by atoms with Gasteiger partial charge in [0.1, 0.15) is 12.4 Å². The Balaban J connectivity index is 1.63. The van der Waals surface area contributed by atoms with Crippen molar-refractivity contribution in [3.63, 3.8) is 0 Å². The smallest absolute Gasteiger partial charge is 0.234 e. The number of aryl methyl sites for hydroxylation is 2. The summed E-state index contributed by atoms with van der Waals surface area (Å²) in [6.07, 6.45) is 1.78. The summed E-state index contributed by atoms with van der Waals surface area (Å²) in [4.78, 5) is 12.2. The van der Waals surface area contributed by atoms with Gasteiger partial charge in [-0.25, -0.2) is 0 Å². The molecule has 2 aromatic carbocycles. The molecule has 29 heavy (non-hydrogen) atoms. The average molecular weight is 409 g/mol. The van der Waals surface area contributed by atoms with Crippen LogP contribution in [0.25, 0.3) is 0 Å². The van der Waals surface area contributed by atoms with Crippen LogP contribution in [-0.4, -0.2) is 26.4 Å². The maximum Gasteiger partial charge on any atom is 0.234 e. The van der Waals surface area contributed by atoms with Gasteiger partial charge in [-0.15, -0.1) is 16.8 Å². The first-order chi connectivity index (χ1) is 14.1. The van der Waals surface area contributed by atoms with Crippen LogP contribution in [0.5, 0.6) is 5.75 Å². The second-order valence-electron chi connectivity index (χ2n) is 6.56. The van der Waals surface area contributed by atoms with Gasteiger partial charge in [0.25, 0.3) is 0 Å². The number of benzene rings is 2. The van der Waals surface area contributed by atoms with Crippen molar-refractivity contribution in [1.82, 2.24) is 14.8 Å². The molecule has 0 saturated heterocycles. The van der Waals surface area contributed by atoms with Crippen LogP contribution in [0.4, 0.5) is 5.69 Å². The van der Waals surface area contributed by atoms with Crippen LogP contribution >= 0.6 is 11.8 Å². The van der Waals surface area contributed by atoms with Crippen LogP contribution in [0.3, 0.4) is 0 Å². The second-order valence-corrected chi connectivity index (χ2v) is 7.50. The van der Waals surface area contributed by atoms with E-state index in [2.05, 4.69) is 35.1 Å². The van der Waals surface area contributed by atoms with Gasteiger partial charge in [0.15, 0.2) is 11.0 Å². The van der Waals surface area contributed by atoms with Gasteiger partial charge in [-0.1, -0.05) is 53.7 Å². The van der Waals surface area contributed by atoms with Crippen LogP contribution in [0.2, 0.25) is 0 Å². The van der Waals surface area contributed by atoms with E-state index in [1.165, 1.54) is 17.3 Å². The minimum absolute atomic E-state index is 0.0950. The summed E-state index contributed by atoms with van der Waals surface area (Å²) >= 11 is 1.34. The van der Waals surface area contributed by atoms with Gasteiger partial charge in [0, 0.05) is 12.2 Å². The third kappa shape index (κ3) is 5.71. The van der Waals surface area contributed by atoms with E-state index in [0.29, 0.717) is 24.1 Å². The van der Waals surface area contributed by atoms with Gasteiger partial charge in [-0.05, 0) is 37.6 Å². The lowest BCUT2D eigenvalue weighted by Crippen LogP contribution is -2.15. The molecule has 7 heteroatoms. The van der Waals surface area contributed by atoms with Crippen molar-refractivity contribution < 1.29 is 9.53 Å². The molecule has 3 rings (SSSR count). The number of hydrogen-bond donors (Lipinski definition) is 1. The molecule has 0 aliphatic heterocycles. The Kier molecular flexibility index (Phi) is 7.08. The van der Waals surface area contributed by atoms with Crippen molar-refractivity contribution in [2.24, 2.45) is 0 Å². The number of thioether (sulfide) groups is 1. The predicted octanol–water partition coefficient (Wildman–Crippen LogP) is 4.39. The molecule has 1 amide bonds. The molecule has 0 aliphatic rings. The zero-order valence-electron chi connectivity index (χ0n) is 16.6. The normalized spacial score (nSPS) is 10.6. The summed E-state index contributed by atoms with van der Waals surface area (Å²) in [5, 5.41) is 12.0. The Hall–Kier alpha value is -3.06. The van der Waals surface area contributed by atoms with Crippen molar-refractivity contribution in [3.8, 4) is 5.75 Å². The number of rotatable bonds is 9. The molecule has 3 aromatic rings. The Morgan fingerprint density at radius 1 is 1.21 bits per heavy atom. The van der Waals surface area contributed by atoms with E-state index in [4.69, 9.17) is 4.74 Å². The maximum atomic E-state index is 12.2. The molecule has 0 aliphatic carbocycles. The summed E-state index contributed by atoms with van der Waals surface area (Å²) in [7, 11) is 0. The van der Waals surface area contributed by atoms with Gasteiger partial charge in [0.2, 0.25) is 5.91 Å². The highest BCUT2D eigenvalue weighted by molar-refractivity contribution is 7.99. The number of carbonyl (C=O) groups excluding carboxylic acids is 1. The molecule has 0 radical (unpaired) electrons. The second kappa shape index (κ2) is 9.93. The van der Waals surface area contributed by atoms with E-state index >= 15 is 0 Å². The molecule has 1 N–H and O–H groups in total. The fraction of sp³-hybridized carbons (Fsp3) is 0.227. The van der Waals surface area contributed by atoms with E-state index < -0.39 is 0 Å². The first-order valence-corrected chi connectivity index (χ1v) is 10.3. The zero-order valence-corrected chi connectivity index (χ0v) is 17.4. The number of nitrogens with zero attached hydrogens (tertiary/aromatic N) is 3. The topological polar surface area (TPSA) is 69.0 Å². The van der Waals surface area contributed by atoms with Crippen LogP contribution in [0.1, 0.15) is 17.0 Å². The monoisotopic (exact) mass is 408 g/mol. The average Bonchev–Trinajstić information content (AvgIpc) is 3.08. The van der Waals surface area contributed by atoms with Crippen LogP contribution in [0, 0.1) is 13.8 Å². The maximum absolute atomic E-state index is 12.2. The number of anilines is 1. The van der Waals surface area contributed by atoms with Crippen molar-refractivity contribution >= 4 is 23.4 Å². The highest BCUT2D eigenvalue weighted by Gasteiger charge is 2.14. The highest BCUT2D eigenvalue weighted by atomic mass is 32.2. The van der Waals surface area contributed by atoms with E-state index in [-0.39, 0.29) is 11.7 Å². The molecule has 1 aromatic heterocycles. The molecule has 150 valence electrons. The number of aromatic nitrogens is 3. The predicted molar refractivity (Wildman–Crippen MR) is 116 cm³/mol. The van der Waals surface area contributed by atoms with Crippen molar-refractivity contribution in [3.05, 3.63) is 78.1 Å². The zero-order chi connectivity index (χ0) is 20.6. The van der Waals surface area contributed by atoms with E-state index in [1.807, 2.05) is 54.0 Å². The molecule has 6 nitrogen and oxygen atoms in total. The Morgan fingerprint density at radius 2 is 2.00 bits per heavy atom. The molecular formula is C22H24N4O2S. The summed E-state index contributed by atoms with van der Waals surface area (Å²) < 4.78 is 7.85. The van der Waals surface area contributed by atoms with Crippen LogP contribution in [0.15, 0.2) is 66.3 Å². The first kappa shape index (κ1) is 20.7. The van der Waals surface area contributed by atoms with Gasteiger partial charge in [-0.2, -0.15) is 0 Å². The van der Waals surface area contributed by atoms with Crippen molar-refractivity contribution in [1.29, 1.82) is 0 Å². The highest BCUT2D eigenvalue weighted by Crippen LogP contribution is 2.22. The molecule has 0 bridgehead atoms. The third-order valence-corrected chi connectivity index (χ3v) is 5.15. The van der Waals surface area contributed by atoms with Gasteiger partial charge < -0.3 is 10.1 Å². The number of hydrogen-bond acceptors (Lipinski definition) is 5. The van der Waals surface area contributed by atoms with Crippen LogP contribution < -0.4 is 10.1 Å². The minimum atomic E-state index is -0.0950. The third-order valence-electron chi connectivity index (χ3n) is 4.18. The fourth-order valence-electron chi connectivity index (χ4n) is 2.80. The summed E-state index contributed by atoms with van der Waals surface area (Å²) in [6.45, 7) is 8.71. The van der Waals surface area contributed by atoms with E-state index in [1.54, 1.807) is 6.08 Å². The van der Waals surface area contributed by atoms with Gasteiger partial charge in [-0.3, -0.25) is 9.36 Å². The minimum Gasteiger partial charge on any atom is -0.485 e. The molecule has 1 heterocycles. The number of para-hydroxylation sites is 1. The summed E-state index contributed by atoms with van der Waals surface area (Å²) in [5.41, 5.74) is 3.04. The Morgan fingerprint density at radius 3 is 2.72 bits per heavy atom. The standard InChI is InChI=1S/C22H24N4O2S/c1-4-12-26-20(14-28-19-11-10-16(2)13-17(19)3)24-25-22(26)29-15-21(27)23-18-8-6-5-7-9-18/h4-11,13H,1,12,14-15H2,2-3H3,(H,23,27). The molecule has 0 spiro atoms. The number of amides is 1. The Bertz CT molecular complexity index is 986. The quantitative estimate of drug-likeness (QED) is 0.420. The molecule has 0 unspecified atom stereocenters. The SMILES string of the molecule is C=CCn1c(COc2ccc(C)cc2C)nnc1SCC(=O)Nc1ccccc1. The van der Waals surface area contributed by atoms with E-state index in [9.17, 15) is 4.79 Å². The first-order valence-electron chi connectivity index (χ1n) is 9.27. The van der Waals surface area contributed by atoms with Crippen molar-refractivity contribution in [2.75, 3.05) is 11.1 Å². The lowest BCUT2D eigenvalue weighted by molar-refractivity contribution is -0.113. The molecular weight excluding hydrogens is 384 g/mol. The van der Waals surface area contributed by atoms with E-state index in [0.717, 1.165) is 17.0 Å². The summed E-state index contributed by atoms with van der Waals surface area (Å²) in [5.74, 6) is 1.65. The van der Waals surface area contributed by atoms with Crippen molar-refractivity contribution in [2.45, 2.75) is 32.2 Å². The van der Waals surface area contributed by atoms with Gasteiger partial charge in [0.05, 0.1) is 5.75 Å². The number of nitrogens with one attached hydrogen (secondary N) is 1. The lowest BCUT2D eigenvalue weighted by Gasteiger charge is -2.11. The summed E-state index contributed by atoms with van der Waals surface area (Å²) in [6, 6.07) is 15.4. The van der Waals surface area contributed by atoms with Crippen LogP contribution in [-0.2, 0) is 17.9 Å². The van der Waals surface area contributed by atoms with Gasteiger partial charge >= 0.3 is 0 Å². The lowest BCUT2D eigenvalue weighted by atomic mass is 10.1. The number of ether oxygens (including phenoxy) is 1. The molecule has 0 fully saturated rings. The largest absolute Gasteiger partial charge is 0.485 e.